The van der Waals surface area contributed by atoms with Crippen molar-refractivity contribution in [3.8, 4) is 28.1 Å². The van der Waals surface area contributed by atoms with Crippen LogP contribution >= 0.6 is 0 Å². The van der Waals surface area contributed by atoms with Gasteiger partial charge in [-0.1, -0.05) is 13.8 Å². The van der Waals surface area contributed by atoms with Crippen LogP contribution in [0.3, 0.4) is 0 Å². The van der Waals surface area contributed by atoms with Gasteiger partial charge < -0.3 is 14.6 Å². The maximum absolute atomic E-state index is 15.1. The highest BCUT2D eigenvalue weighted by Gasteiger charge is 2.50. The van der Waals surface area contributed by atoms with Crippen molar-refractivity contribution in [1.82, 2.24) is 14.8 Å². The molecule has 2 aliphatic carbocycles. The van der Waals surface area contributed by atoms with Crippen LogP contribution in [-0.4, -0.2) is 33.0 Å². The molecule has 35 heavy (non-hydrogen) atoms. The summed E-state index contributed by atoms with van der Waals surface area (Å²) in [5.41, 5.74) is -0.0162. The Balaban J connectivity index is 1.44. The summed E-state index contributed by atoms with van der Waals surface area (Å²) in [5, 5.41) is 19.0. The van der Waals surface area contributed by atoms with Crippen molar-refractivity contribution >= 4 is 5.82 Å². The lowest BCUT2D eigenvalue weighted by molar-refractivity contribution is 0.148. The van der Waals surface area contributed by atoms with Gasteiger partial charge in [0.15, 0.2) is 17.5 Å². The quantitative estimate of drug-likeness (QED) is 0.550. The lowest BCUT2D eigenvalue weighted by Crippen LogP contribution is -2.42. The molecule has 0 amide bonds. The van der Waals surface area contributed by atoms with Gasteiger partial charge in [0, 0.05) is 38.0 Å². The number of hydrogen-bond acceptors (Lipinski definition) is 5. The van der Waals surface area contributed by atoms with Crippen LogP contribution in [0.4, 0.5) is 14.6 Å². The first kappa shape index (κ1) is 23.5. The molecule has 0 radical (unpaired) electrons. The first-order chi connectivity index (χ1) is 16.5. The van der Waals surface area contributed by atoms with Crippen molar-refractivity contribution in [2.45, 2.75) is 52.0 Å². The Bertz CT molecular complexity index is 1340. The topological polar surface area (TPSA) is 71.2 Å². The number of phenolic OH excluding ortho intramolecular Hbond substituents is 1. The van der Waals surface area contributed by atoms with Gasteiger partial charge >= 0.3 is 0 Å². The first-order valence-corrected chi connectivity index (χ1v) is 11.9. The number of rotatable bonds is 4. The number of benzene rings is 1. The number of phenols is 1. The second-order valence-corrected chi connectivity index (χ2v) is 11.1. The molecular formula is C27H30F2N4O2. The third kappa shape index (κ3) is 4.09. The lowest BCUT2D eigenvalue weighted by Gasteiger charge is -2.44. The Morgan fingerprint density at radius 1 is 1.06 bits per heavy atom. The van der Waals surface area contributed by atoms with Crippen LogP contribution in [0.2, 0.25) is 0 Å². The summed E-state index contributed by atoms with van der Waals surface area (Å²) in [6.45, 7) is 4.73. The highest BCUT2D eigenvalue weighted by molar-refractivity contribution is 5.75. The summed E-state index contributed by atoms with van der Waals surface area (Å²) < 4.78 is 31.4. The van der Waals surface area contributed by atoms with Gasteiger partial charge in [-0.25, -0.2) is 8.78 Å². The molecule has 0 spiro atoms. The monoisotopic (exact) mass is 480 g/mol. The number of anilines is 1. The van der Waals surface area contributed by atoms with Crippen molar-refractivity contribution in [1.29, 1.82) is 0 Å². The summed E-state index contributed by atoms with van der Waals surface area (Å²) in [6, 6.07) is 7.41. The van der Waals surface area contributed by atoms with Gasteiger partial charge in [-0.15, -0.1) is 10.2 Å². The normalized spacial score (nSPS) is 25.6. The van der Waals surface area contributed by atoms with Gasteiger partial charge in [0.1, 0.15) is 5.75 Å². The Labute approximate surface area is 203 Å². The molecule has 2 saturated carbocycles. The molecule has 184 valence electrons. The minimum absolute atomic E-state index is 0.0363. The SMILES string of the molecule is CN(c1ccc(-c2c(O)cc(-c3ccn(C)c(=O)c3)c(F)c2F)nn1)[C@H]1C[C@]2(C)CC[C@](C)(C1)C2. The molecular weight excluding hydrogens is 450 g/mol. The predicted octanol–water partition coefficient (Wildman–Crippen LogP) is 5.29. The number of aromatic hydroxyl groups is 1. The molecule has 0 saturated heterocycles. The molecule has 8 heteroatoms. The largest absolute Gasteiger partial charge is 0.507 e. The van der Waals surface area contributed by atoms with Crippen molar-refractivity contribution in [2.75, 3.05) is 11.9 Å². The van der Waals surface area contributed by atoms with Gasteiger partial charge in [0.05, 0.1) is 11.3 Å². The predicted molar refractivity (Wildman–Crippen MR) is 131 cm³/mol. The fourth-order valence-electron chi connectivity index (χ4n) is 6.26. The molecule has 2 aliphatic rings. The van der Waals surface area contributed by atoms with E-state index in [2.05, 4.69) is 28.9 Å². The number of aryl methyl sites for hydroxylation is 1. The number of fused-ring (bicyclic) bond motifs is 2. The molecule has 0 aliphatic heterocycles. The van der Waals surface area contributed by atoms with Crippen molar-refractivity contribution < 1.29 is 13.9 Å². The van der Waals surface area contributed by atoms with Crippen molar-refractivity contribution in [3.63, 3.8) is 0 Å². The standard InChI is InChI=1S/C27H30F2N4O2/c1-26-8-9-27(2,15-26)14-17(13-26)33(4)21-6-5-19(30-31-21)23-20(34)12-18(24(28)25(23)29)16-7-10-32(3)22(35)11-16/h5-7,10-12,17,34H,8-9,13-15H2,1-4H3/t17-,26-,27+. The van der Waals surface area contributed by atoms with Gasteiger partial charge in [0.25, 0.3) is 5.56 Å². The smallest absolute Gasteiger partial charge is 0.250 e. The van der Waals surface area contributed by atoms with E-state index in [1.165, 1.54) is 42.2 Å². The zero-order valence-corrected chi connectivity index (χ0v) is 20.5. The third-order valence-corrected chi connectivity index (χ3v) is 8.06. The molecule has 0 unspecified atom stereocenters. The van der Waals surface area contributed by atoms with Crippen LogP contribution < -0.4 is 10.5 Å². The molecule has 3 aromatic rings. The zero-order valence-electron chi connectivity index (χ0n) is 20.5. The van der Waals surface area contributed by atoms with E-state index >= 15 is 4.39 Å². The highest BCUT2D eigenvalue weighted by Crippen LogP contribution is 2.58. The van der Waals surface area contributed by atoms with E-state index in [0.29, 0.717) is 22.7 Å². The van der Waals surface area contributed by atoms with E-state index in [4.69, 9.17) is 0 Å². The molecule has 3 atom stereocenters. The Hall–Kier alpha value is -3.29. The molecule has 2 heterocycles. The minimum atomic E-state index is -1.24. The molecule has 1 aromatic carbocycles. The summed E-state index contributed by atoms with van der Waals surface area (Å²) >= 11 is 0. The number of hydrogen-bond donors (Lipinski definition) is 1. The molecule has 2 fully saturated rings. The average molecular weight is 481 g/mol. The van der Waals surface area contributed by atoms with Crippen molar-refractivity contribution in [2.24, 2.45) is 17.9 Å². The first-order valence-electron chi connectivity index (χ1n) is 11.9. The van der Waals surface area contributed by atoms with Gasteiger partial charge in [0.2, 0.25) is 0 Å². The Morgan fingerprint density at radius 3 is 2.34 bits per heavy atom. The molecule has 2 bridgehead atoms. The summed E-state index contributed by atoms with van der Waals surface area (Å²) in [6.07, 6.45) is 7.39. The van der Waals surface area contributed by atoms with Gasteiger partial charge in [-0.05, 0) is 72.8 Å². The van der Waals surface area contributed by atoms with Crippen LogP contribution in [0, 0.1) is 22.5 Å². The average Bonchev–Trinajstić information content (AvgIpc) is 3.04. The minimum Gasteiger partial charge on any atom is -0.507 e. The molecule has 2 aromatic heterocycles. The summed E-state index contributed by atoms with van der Waals surface area (Å²) in [4.78, 5) is 14.1. The number of aromatic nitrogens is 3. The van der Waals surface area contributed by atoms with E-state index in [1.54, 1.807) is 19.2 Å². The molecule has 1 N–H and O–H groups in total. The fraction of sp³-hybridized carbons (Fsp3) is 0.444. The Morgan fingerprint density at radius 2 is 1.74 bits per heavy atom. The van der Waals surface area contributed by atoms with E-state index in [9.17, 15) is 14.3 Å². The number of halogens is 2. The number of pyridine rings is 1. The second kappa shape index (κ2) is 8.14. The molecule has 6 nitrogen and oxygen atoms in total. The maximum Gasteiger partial charge on any atom is 0.250 e. The zero-order chi connectivity index (χ0) is 25.1. The van der Waals surface area contributed by atoms with E-state index in [0.717, 1.165) is 18.9 Å². The van der Waals surface area contributed by atoms with E-state index < -0.39 is 17.4 Å². The second-order valence-electron chi connectivity index (χ2n) is 11.1. The van der Waals surface area contributed by atoms with Gasteiger partial charge in [-0.3, -0.25) is 4.79 Å². The van der Waals surface area contributed by atoms with Crippen LogP contribution in [0.15, 0.2) is 41.3 Å². The third-order valence-electron chi connectivity index (χ3n) is 8.06. The van der Waals surface area contributed by atoms with Crippen LogP contribution in [0.5, 0.6) is 5.75 Å². The Kier molecular flexibility index (Phi) is 5.45. The maximum atomic E-state index is 15.1. The number of nitrogens with zero attached hydrogens (tertiary/aromatic N) is 4. The van der Waals surface area contributed by atoms with Crippen molar-refractivity contribution in [3.05, 3.63) is 58.5 Å². The summed E-state index contributed by atoms with van der Waals surface area (Å²) in [7, 11) is 3.56. The van der Waals surface area contributed by atoms with Crippen LogP contribution in [-0.2, 0) is 7.05 Å². The van der Waals surface area contributed by atoms with Gasteiger partial charge in [-0.2, -0.15) is 0 Å². The van der Waals surface area contributed by atoms with E-state index in [-0.39, 0.29) is 27.9 Å². The van der Waals surface area contributed by atoms with Crippen LogP contribution in [0.1, 0.15) is 46.0 Å². The van der Waals surface area contributed by atoms with E-state index in [1.807, 2.05) is 7.05 Å². The lowest BCUT2D eigenvalue weighted by atomic mass is 9.68. The fourth-order valence-corrected chi connectivity index (χ4v) is 6.26. The molecule has 5 rings (SSSR count). The van der Waals surface area contributed by atoms with Crippen LogP contribution in [0.25, 0.3) is 22.4 Å². The highest BCUT2D eigenvalue weighted by atomic mass is 19.2. The summed E-state index contributed by atoms with van der Waals surface area (Å²) in [5.74, 6) is -2.21.